The zero-order valence-corrected chi connectivity index (χ0v) is 16.8. The smallest absolute Gasteiger partial charge is 0.326 e. The van der Waals surface area contributed by atoms with Gasteiger partial charge < -0.3 is 10.4 Å². The number of pyridine rings is 1. The molecule has 0 aliphatic carbocycles. The van der Waals surface area contributed by atoms with Crippen LogP contribution < -0.4 is 5.32 Å². The molecule has 2 atom stereocenters. The highest BCUT2D eigenvalue weighted by Crippen LogP contribution is 2.22. The molecule has 6 heteroatoms. The number of hydrogen-bond acceptors (Lipinski definition) is 4. The summed E-state index contributed by atoms with van der Waals surface area (Å²) in [5, 5.41) is 13.2. The van der Waals surface area contributed by atoms with E-state index in [0.717, 1.165) is 35.1 Å². The number of nitrogens with zero attached hydrogens (tertiary/aromatic N) is 1. The summed E-state index contributed by atoms with van der Waals surface area (Å²) in [7, 11) is 0. The number of para-hydroxylation sites is 1. The predicted molar refractivity (Wildman–Crippen MR) is 111 cm³/mol. The lowest BCUT2D eigenvalue weighted by Gasteiger charge is -2.21. The molecule has 0 saturated carbocycles. The van der Waals surface area contributed by atoms with Crippen molar-refractivity contribution in [1.29, 1.82) is 0 Å². The molecule has 2 aromatic rings. The summed E-state index contributed by atoms with van der Waals surface area (Å²) in [6.07, 6.45) is 4.48. The Labute approximate surface area is 165 Å². The molecule has 0 unspecified atom stereocenters. The molecule has 1 aromatic carbocycles. The van der Waals surface area contributed by atoms with E-state index in [1.54, 1.807) is 18.0 Å². The van der Waals surface area contributed by atoms with Gasteiger partial charge in [-0.2, -0.15) is 11.8 Å². The van der Waals surface area contributed by atoms with Gasteiger partial charge in [-0.15, -0.1) is 0 Å². The molecule has 0 saturated heterocycles. The number of nitrogens with one attached hydrogen (secondary N) is 1. The summed E-state index contributed by atoms with van der Waals surface area (Å²) >= 11 is 1.70. The molecule has 2 rings (SSSR count). The van der Waals surface area contributed by atoms with Crippen molar-refractivity contribution < 1.29 is 14.7 Å². The molecule has 1 aromatic heterocycles. The fourth-order valence-electron chi connectivity index (χ4n) is 3.04. The Morgan fingerprint density at radius 2 is 2.00 bits per heavy atom. The second-order valence-corrected chi connectivity index (χ2v) is 7.91. The number of carbonyl (C=O) groups is 2. The van der Waals surface area contributed by atoms with Gasteiger partial charge in [0.25, 0.3) is 0 Å². The molecule has 0 spiro atoms. The molecule has 27 heavy (non-hydrogen) atoms. The van der Waals surface area contributed by atoms with E-state index in [1.807, 2.05) is 37.3 Å². The fraction of sp³-hybridized carbons (Fsp3) is 0.476. The maximum atomic E-state index is 12.9. The van der Waals surface area contributed by atoms with Crippen molar-refractivity contribution in [2.45, 2.75) is 45.6 Å². The first-order valence-electron chi connectivity index (χ1n) is 9.50. The number of benzene rings is 1. The second-order valence-electron chi connectivity index (χ2n) is 6.59. The Balaban J connectivity index is 2.18. The molecule has 0 aliphatic heterocycles. The zero-order chi connectivity index (χ0) is 19.6. The van der Waals surface area contributed by atoms with Crippen molar-refractivity contribution >= 4 is 34.5 Å². The lowest BCUT2D eigenvalue weighted by Crippen LogP contribution is -2.44. The Morgan fingerprint density at radius 3 is 2.70 bits per heavy atom. The average Bonchev–Trinajstić information content (AvgIpc) is 2.68. The van der Waals surface area contributed by atoms with Crippen LogP contribution in [0.1, 0.15) is 38.7 Å². The Kier molecular flexibility index (Phi) is 8.58. The van der Waals surface area contributed by atoms with E-state index in [-0.39, 0.29) is 11.8 Å². The second kappa shape index (κ2) is 10.9. The number of carboxylic acids is 1. The van der Waals surface area contributed by atoms with Crippen LogP contribution in [0.5, 0.6) is 0 Å². The quantitative estimate of drug-likeness (QED) is 0.610. The lowest BCUT2D eigenvalue weighted by molar-refractivity contribution is -0.142. The molecule has 0 fully saturated rings. The predicted octanol–water partition coefficient (Wildman–Crippen LogP) is 3.91. The van der Waals surface area contributed by atoms with Gasteiger partial charge in [-0.1, -0.05) is 44.9 Å². The first-order chi connectivity index (χ1) is 13.1. The van der Waals surface area contributed by atoms with Crippen molar-refractivity contribution in [2.24, 2.45) is 5.92 Å². The zero-order valence-electron chi connectivity index (χ0n) is 16.0. The number of hydrogen-bond donors (Lipinski definition) is 2. The van der Waals surface area contributed by atoms with Crippen LogP contribution in [0, 0.1) is 5.92 Å². The highest BCUT2D eigenvalue weighted by molar-refractivity contribution is 7.99. The van der Waals surface area contributed by atoms with Crippen molar-refractivity contribution in [2.75, 3.05) is 11.5 Å². The number of unbranched alkanes of at least 4 members (excludes halogenated alkanes) is 1. The Morgan fingerprint density at radius 1 is 1.22 bits per heavy atom. The van der Waals surface area contributed by atoms with E-state index >= 15 is 0 Å². The van der Waals surface area contributed by atoms with Crippen molar-refractivity contribution in [3.05, 3.63) is 42.1 Å². The number of aliphatic carboxylic acids is 1. The van der Waals surface area contributed by atoms with Crippen LogP contribution in [0.2, 0.25) is 0 Å². The largest absolute Gasteiger partial charge is 0.480 e. The van der Waals surface area contributed by atoms with Crippen LogP contribution in [0.25, 0.3) is 10.9 Å². The van der Waals surface area contributed by atoms with Crippen LogP contribution in [-0.4, -0.2) is 39.5 Å². The van der Waals surface area contributed by atoms with E-state index in [0.29, 0.717) is 18.6 Å². The minimum atomic E-state index is -0.965. The number of carboxylic acid groups (broad SMARTS) is 1. The van der Waals surface area contributed by atoms with Gasteiger partial charge in [0.2, 0.25) is 5.91 Å². The van der Waals surface area contributed by atoms with Crippen LogP contribution >= 0.6 is 11.8 Å². The third-order valence-corrected chi connectivity index (χ3v) is 5.61. The molecular weight excluding hydrogens is 360 g/mol. The Hall–Kier alpha value is -2.08. The van der Waals surface area contributed by atoms with Crippen LogP contribution in [0.4, 0.5) is 0 Å². The van der Waals surface area contributed by atoms with Crippen molar-refractivity contribution in [3.63, 3.8) is 0 Å². The number of carbonyl (C=O) groups excluding carboxylic acids is 1. The molecular formula is C21H28N2O3S. The fourth-order valence-corrected chi connectivity index (χ4v) is 3.83. The summed E-state index contributed by atoms with van der Waals surface area (Å²) in [6.45, 7) is 4.07. The normalized spacial score (nSPS) is 13.3. The maximum Gasteiger partial charge on any atom is 0.326 e. The summed E-state index contributed by atoms with van der Waals surface area (Å²) in [5.41, 5.74) is 1.97. The van der Waals surface area contributed by atoms with E-state index in [2.05, 4.69) is 17.2 Å². The number of rotatable bonds is 11. The van der Waals surface area contributed by atoms with Gasteiger partial charge in [-0.3, -0.25) is 9.78 Å². The first kappa shape index (κ1) is 21.2. The van der Waals surface area contributed by atoms with E-state index < -0.39 is 12.0 Å². The number of thioether (sulfide) groups is 1. The van der Waals surface area contributed by atoms with Gasteiger partial charge in [-0.25, -0.2) is 4.79 Å². The number of fused-ring (bicyclic) bond motifs is 1. The topological polar surface area (TPSA) is 79.3 Å². The van der Waals surface area contributed by atoms with Crippen LogP contribution in [0.3, 0.4) is 0 Å². The van der Waals surface area contributed by atoms with Gasteiger partial charge >= 0.3 is 5.97 Å². The van der Waals surface area contributed by atoms with E-state index in [1.165, 1.54) is 0 Å². The third kappa shape index (κ3) is 6.24. The molecule has 0 bridgehead atoms. The summed E-state index contributed by atoms with van der Waals surface area (Å²) < 4.78 is 0. The molecule has 2 N–H and O–H groups in total. The van der Waals surface area contributed by atoms with E-state index in [4.69, 9.17) is 0 Å². The van der Waals surface area contributed by atoms with Gasteiger partial charge in [0, 0.05) is 17.3 Å². The SMILES string of the molecule is CCCC[C@H](NC(=O)[C@@H](CSCC)Cc1ccnc2ccccc12)C(=O)O. The van der Waals surface area contributed by atoms with E-state index in [9.17, 15) is 14.7 Å². The average molecular weight is 389 g/mol. The van der Waals surface area contributed by atoms with Crippen LogP contribution in [-0.2, 0) is 16.0 Å². The first-order valence-corrected chi connectivity index (χ1v) is 10.7. The van der Waals surface area contributed by atoms with Gasteiger partial charge in [0.1, 0.15) is 6.04 Å². The lowest BCUT2D eigenvalue weighted by atomic mass is 9.96. The highest BCUT2D eigenvalue weighted by atomic mass is 32.2. The molecule has 146 valence electrons. The molecule has 1 amide bonds. The standard InChI is InChI=1S/C21H28N2O3S/c1-3-5-9-19(21(25)26)23-20(24)16(14-27-4-2)13-15-11-12-22-18-10-7-6-8-17(15)18/h6-8,10-12,16,19H,3-5,9,13-14H2,1-2H3,(H,23,24)(H,25,26)/t16-,19+/m1/s1. The minimum absolute atomic E-state index is 0.180. The number of amides is 1. The number of aromatic nitrogens is 1. The van der Waals surface area contributed by atoms with Crippen LogP contribution in [0.15, 0.2) is 36.5 Å². The van der Waals surface area contributed by atoms with Gasteiger partial charge in [0.15, 0.2) is 0 Å². The maximum absolute atomic E-state index is 12.9. The third-order valence-electron chi connectivity index (χ3n) is 4.56. The monoisotopic (exact) mass is 388 g/mol. The summed E-state index contributed by atoms with van der Waals surface area (Å²) in [4.78, 5) is 28.7. The summed E-state index contributed by atoms with van der Waals surface area (Å²) in [5.74, 6) is 0.163. The molecule has 0 aliphatic rings. The molecule has 0 radical (unpaired) electrons. The molecule has 5 nitrogen and oxygen atoms in total. The van der Waals surface area contributed by atoms with Crippen molar-refractivity contribution in [1.82, 2.24) is 10.3 Å². The van der Waals surface area contributed by atoms with Gasteiger partial charge in [0.05, 0.1) is 11.4 Å². The summed E-state index contributed by atoms with van der Waals surface area (Å²) in [6, 6.07) is 9.02. The van der Waals surface area contributed by atoms with Crippen molar-refractivity contribution in [3.8, 4) is 0 Å². The molecule has 1 heterocycles. The Bertz CT molecular complexity index is 761. The highest BCUT2D eigenvalue weighted by Gasteiger charge is 2.25. The minimum Gasteiger partial charge on any atom is -0.480 e. The van der Waals surface area contributed by atoms with Gasteiger partial charge in [-0.05, 0) is 36.3 Å².